The van der Waals surface area contributed by atoms with Crippen LogP contribution in [0, 0.1) is 10.1 Å². The van der Waals surface area contributed by atoms with Crippen LogP contribution in [-0.2, 0) is 0 Å². The van der Waals surface area contributed by atoms with Crippen LogP contribution in [0.5, 0.6) is 0 Å². The summed E-state index contributed by atoms with van der Waals surface area (Å²) in [6.45, 7) is 4.98. The standard InChI is InChI=1S/C16H21N5O3/c1-11(9-20-5-3-2-4-6-20)19-14-8-13-12(7-15(14)21(23)24)16(22)18-10-17-13/h7-8,10-11,19H,2-6,9H2,1H3,(H,17,18,22). The summed E-state index contributed by atoms with van der Waals surface area (Å²) < 4.78 is 0. The molecule has 0 bridgehead atoms. The van der Waals surface area contributed by atoms with Crippen LogP contribution in [0.2, 0.25) is 0 Å². The Bertz CT molecular complexity index is 798. The molecule has 2 N–H and O–H groups in total. The van der Waals surface area contributed by atoms with E-state index in [1.54, 1.807) is 6.07 Å². The van der Waals surface area contributed by atoms with Crippen molar-refractivity contribution in [1.82, 2.24) is 14.9 Å². The highest BCUT2D eigenvalue weighted by Gasteiger charge is 2.20. The van der Waals surface area contributed by atoms with Crippen LogP contribution >= 0.6 is 0 Å². The average Bonchev–Trinajstić information content (AvgIpc) is 2.55. The molecule has 1 saturated heterocycles. The lowest BCUT2D eigenvalue weighted by Gasteiger charge is -2.29. The van der Waals surface area contributed by atoms with Gasteiger partial charge >= 0.3 is 0 Å². The number of nitro benzene ring substituents is 1. The molecule has 0 aliphatic carbocycles. The number of nitro groups is 1. The summed E-state index contributed by atoms with van der Waals surface area (Å²) in [6.07, 6.45) is 4.98. The van der Waals surface area contributed by atoms with Gasteiger partial charge in [0, 0.05) is 18.7 Å². The summed E-state index contributed by atoms with van der Waals surface area (Å²) in [4.78, 5) is 31.6. The number of hydrogen-bond acceptors (Lipinski definition) is 6. The molecular formula is C16H21N5O3. The molecule has 8 nitrogen and oxygen atoms in total. The van der Waals surface area contributed by atoms with Crippen molar-refractivity contribution in [3.63, 3.8) is 0 Å². The number of anilines is 1. The van der Waals surface area contributed by atoms with Gasteiger partial charge in [-0.15, -0.1) is 0 Å². The number of benzene rings is 1. The van der Waals surface area contributed by atoms with E-state index in [0.29, 0.717) is 11.2 Å². The Labute approximate surface area is 139 Å². The average molecular weight is 331 g/mol. The normalized spacial score (nSPS) is 16.9. The zero-order chi connectivity index (χ0) is 17.1. The van der Waals surface area contributed by atoms with E-state index in [1.165, 1.54) is 31.7 Å². The van der Waals surface area contributed by atoms with Gasteiger partial charge in [-0.2, -0.15) is 0 Å². The van der Waals surface area contributed by atoms with Gasteiger partial charge in [-0.3, -0.25) is 14.9 Å². The van der Waals surface area contributed by atoms with Gasteiger partial charge in [-0.1, -0.05) is 6.42 Å². The number of aromatic amines is 1. The molecule has 0 amide bonds. The van der Waals surface area contributed by atoms with Gasteiger partial charge in [0.15, 0.2) is 0 Å². The molecule has 1 fully saturated rings. The van der Waals surface area contributed by atoms with Crippen molar-refractivity contribution in [2.24, 2.45) is 0 Å². The van der Waals surface area contributed by atoms with E-state index in [4.69, 9.17) is 0 Å². The van der Waals surface area contributed by atoms with Crippen molar-refractivity contribution in [1.29, 1.82) is 0 Å². The number of aromatic nitrogens is 2. The molecule has 1 atom stereocenters. The third-order valence-electron chi connectivity index (χ3n) is 4.34. The van der Waals surface area contributed by atoms with E-state index in [0.717, 1.165) is 19.6 Å². The fraction of sp³-hybridized carbons (Fsp3) is 0.500. The fourth-order valence-electron chi connectivity index (χ4n) is 3.21. The van der Waals surface area contributed by atoms with Crippen LogP contribution in [-0.4, -0.2) is 45.5 Å². The van der Waals surface area contributed by atoms with Crippen LogP contribution in [0.15, 0.2) is 23.3 Å². The van der Waals surface area contributed by atoms with Gasteiger partial charge < -0.3 is 15.2 Å². The van der Waals surface area contributed by atoms with E-state index in [9.17, 15) is 14.9 Å². The van der Waals surface area contributed by atoms with E-state index < -0.39 is 4.92 Å². The van der Waals surface area contributed by atoms with Crippen LogP contribution in [0.4, 0.5) is 11.4 Å². The topological polar surface area (TPSA) is 104 Å². The van der Waals surface area contributed by atoms with E-state index in [-0.39, 0.29) is 22.7 Å². The quantitative estimate of drug-likeness (QED) is 0.642. The van der Waals surface area contributed by atoms with Gasteiger partial charge in [0.25, 0.3) is 11.2 Å². The van der Waals surface area contributed by atoms with Crippen molar-refractivity contribution in [3.8, 4) is 0 Å². The first-order valence-corrected chi connectivity index (χ1v) is 8.19. The maximum atomic E-state index is 11.8. The molecule has 1 aromatic carbocycles. The Morgan fingerprint density at radius 2 is 2.12 bits per heavy atom. The number of hydrogen-bond donors (Lipinski definition) is 2. The molecule has 2 heterocycles. The van der Waals surface area contributed by atoms with Gasteiger partial charge in [-0.05, 0) is 38.9 Å². The molecule has 128 valence electrons. The Morgan fingerprint density at radius 1 is 1.38 bits per heavy atom. The van der Waals surface area contributed by atoms with E-state index in [2.05, 4.69) is 20.2 Å². The van der Waals surface area contributed by atoms with Crippen molar-refractivity contribution in [2.45, 2.75) is 32.2 Å². The van der Waals surface area contributed by atoms with Crippen molar-refractivity contribution in [3.05, 3.63) is 38.9 Å². The highest BCUT2D eigenvalue weighted by molar-refractivity contribution is 5.86. The lowest BCUT2D eigenvalue weighted by Crippen LogP contribution is -2.38. The van der Waals surface area contributed by atoms with Crippen LogP contribution in [0.25, 0.3) is 10.9 Å². The molecule has 8 heteroatoms. The first kappa shape index (κ1) is 16.4. The van der Waals surface area contributed by atoms with Crippen molar-refractivity contribution < 1.29 is 4.92 Å². The third kappa shape index (κ3) is 3.53. The van der Waals surface area contributed by atoms with Crippen LogP contribution in [0.3, 0.4) is 0 Å². The predicted octanol–water partition coefficient (Wildman–Crippen LogP) is 2.12. The molecule has 1 aromatic heterocycles. The van der Waals surface area contributed by atoms with Crippen LogP contribution in [0.1, 0.15) is 26.2 Å². The van der Waals surface area contributed by atoms with Gasteiger partial charge in [-0.25, -0.2) is 4.98 Å². The molecule has 1 aliphatic heterocycles. The summed E-state index contributed by atoms with van der Waals surface area (Å²) in [5.41, 5.74) is 0.356. The molecular weight excluding hydrogens is 310 g/mol. The molecule has 0 saturated carbocycles. The largest absolute Gasteiger partial charge is 0.376 e. The molecule has 2 aromatic rings. The second-order valence-electron chi connectivity index (χ2n) is 6.28. The Balaban J connectivity index is 1.85. The second-order valence-corrected chi connectivity index (χ2v) is 6.28. The maximum absolute atomic E-state index is 11.8. The minimum atomic E-state index is -0.470. The summed E-state index contributed by atoms with van der Waals surface area (Å²) in [7, 11) is 0. The molecule has 1 aliphatic rings. The zero-order valence-corrected chi connectivity index (χ0v) is 13.6. The SMILES string of the molecule is CC(CN1CCCCC1)Nc1cc2nc[nH]c(=O)c2cc1[N+](=O)[O-]. The smallest absolute Gasteiger partial charge is 0.293 e. The monoisotopic (exact) mass is 331 g/mol. The summed E-state index contributed by atoms with van der Waals surface area (Å²) >= 11 is 0. The van der Waals surface area contributed by atoms with Crippen molar-refractivity contribution in [2.75, 3.05) is 25.0 Å². The van der Waals surface area contributed by atoms with E-state index in [1.807, 2.05) is 6.92 Å². The number of fused-ring (bicyclic) bond motifs is 1. The lowest BCUT2D eigenvalue weighted by atomic mass is 10.1. The minimum Gasteiger partial charge on any atom is -0.376 e. The molecule has 24 heavy (non-hydrogen) atoms. The number of piperidine rings is 1. The fourth-order valence-corrected chi connectivity index (χ4v) is 3.21. The highest BCUT2D eigenvalue weighted by atomic mass is 16.6. The lowest BCUT2D eigenvalue weighted by molar-refractivity contribution is -0.383. The Kier molecular flexibility index (Phi) is 4.75. The molecule has 3 rings (SSSR count). The van der Waals surface area contributed by atoms with Gasteiger partial charge in [0.1, 0.15) is 5.69 Å². The molecule has 0 radical (unpaired) electrons. The van der Waals surface area contributed by atoms with E-state index >= 15 is 0 Å². The highest BCUT2D eigenvalue weighted by Crippen LogP contribution is 2.28. The number of nitrogens with zero attached hydrogens (tertiary/aromatic N) is 3. The van der Waals surface area contributed by atoms with Gasteiger partial charge in [0.2, 0.25) is 0 Å². The minimum absolute atomic E-state index is 0.0567. The van der Waals surface area contributed by atoms with Crippen LogP contribution < -0.4 is 10.9 Å². The van der Waals surface area contributed by atoms with Crippen molar-refractivity contribution >= 4 is 22.3 Å². The number of rotatable bonds is 5. The predicted molar refractivity (Wildman–Crippen MR) is 92.4 cm³/mol. The Morgan fingerprint density at radius 3 is 2.83 bits per heavy atom. The number of likely N-dealkylation sites (tertiary alicyclic amines) is 1. The molecule has 0 spiro atoms. The second kappa shape index (κ2) is 6.96. The third-order valence-corrected chi connectivity index (χ3v) is 4.34. The number of H-pyrrole nitrogens is 1. The zero-order valence-electron chi connectivity index (χ0n) is 13.6. The molecule has 1 unspecified atom stereocenters. The first-order valence-electron chi connectivity index (χ1n) is 8.19. The van der Waals surface area contributed by atoms with Gasteiger partial charge in [0.05, 0.1) is 22.2 Å². The summed E-state index contributed by atoms with van der Waals surface area (Å²) in [6, 6.07) is 2.92. The summed E-state index contributed by atoms with van der Waals surface area (Å²) in [5, 5.41) is 14.8. The first-order chi connectivity index (χ1) is 11.5. The maximum Gasteiger partial charge on any atom is 0.293 e. The summed E-state index contributed by atoms with van der Waals surface area (Å²) in [5.74, 6) is 0. The number of nitrogens with one attached hydrogen (secondary N) is 2. The Hall–Kier alpha value is -2.48.